The molecule has 2 amide bonds. The van der Waals surface area contributed by atoms with Crippen molar-refractivity contribution in [2.45, 2.75) is 57.5 Å². The lowest BCUT2D eigenvalue weighted by atomic mass is 9.71. The molecule has 1 aliphatic carbocycles. The second-order valence-corrected chi connectivity index (χ2v) is 8.67. The van der Waals surface area contributed by atoms with E-state index in [2.05, 4.69) is 5.32 Å². The van der Waals surface area contributed by atoms with Gasteiger partial charge in [0.25, 0.3) is 11.8 Å². The predicted molar refractivity (Wildman–Crippen MR) is 116 cm³/mol. The number of rotatable bonds is 4. The number of carbonyl (C=O) groups is 2. The Morgan fingerprint density at radius 1 is 1.27 bits per heavy atom. The van der Waals surface area contributed by atoms with E-state index >= 15 is 0 Å². The monoisotopic (exact) mass is 483 g/mol. The Morgan fingerprint density at radius 3 is 2.52 bits per heavy atom. The van der Waals surface area contributed by atoms with Gasteiger partial charge in [-0.05, 0) is 32.8 Å². The second-order valence-electron chi connectivity index (χ2n) is 8.67. The fourth-order valence-electron chi connectivity index (χ4n) is 4.74. The maximum absolute atomic E-state index is 13.8. The van der Waals surface area contributed by atoms with Crippen molar-refractivity contribution in [3.05, 3.63) is 63.1 Å². The standard InChI is InChI=1S/C22H23F2N3O5.ClH/c1-11(2)27-21(32)17-19(30)18(29)15(9-26(17)10-22(27)6-14(28)7-22)20(31)25-8-12-3-4-13(23)5-16(12)24;/h3-5,9,11,14,28,30H,6-8,10H2,1-2H3,(H,25,31);1H/t14-,22+;. The van der Waals surface area contributed by atoms with Gasteiger partial charge in [-0.25, -0.2) is 8.78 Å². The van der Waals surface area contributed by atoms with E-state index in [1.165, 1.54) is 16.8 Å². The van der Waals surface area contributed by atoms with Crippen molar-refractivity contribution in [2.75, 3.05) is 0 Å². The zero-order valence-corrected chi connectivity index (χ0v) is 18.8. The molecule has 1 aliphatic heterocycles. The maximum atomic E-state index is 13.8. The summed E-state index contributed by atoms with van der Waals surface area (Å²) in [6.07, 6.45) is 1.32. The molecule has 2 aromatic rings. The van der Waals surface area contributed by atoms with Crippen LogP contribution in [0.25, 0.3) is 0 Å². The summed E-state index contributed by atoms with van der Waals surface area (Å²) in [4.78, 5) is 40.0. The highest BCUT2D eigenvalue weighted by Crippen LogP contribution is 2.44. The minimum atomic E-state index is -1.02. The molecule has 1 saturated carbocycles. The topological polar surface area (TPSA) is 112 Å². The highest BCUT2D eigenvalue weighted by molar-refractivity contribution is 5.99. The Hall–Kier alpha value is -2.98. The minimum Gasteiger partial charge on any atom is -0.503 e. The molecule has 178 valence electrons. The predicted octanol–water partition coefficient (Wildman–Crippen LogP) is 1.94. The van der Waals surface area contributed by atoms with Gasteiger partial charge in [0.15, 0.2) is 11.4 Å². The Bertz CT molecular complexity index is 1180. The fourth-order valence-corrected chi connectivity index (χ4v) is 4.74. The summed E-state index contributed by atoms with van der Waals surface area (Å²) in [5, 5.41) is 22.8. The first-order chi connectivity index (χ1) is 15.0. The molecular formula is C22H24ClF2N3O5. The number of aliphatic hydroxyl groups excluding tert-OH is 1. The number of nitrogens with zero attached hydrogens (tertiary/aromatic N) is 2. The number of carbonyl (C=O) groups excluding carboxylic acids is 2. The van der Waals surface area contributed by atoms with Crippen molar-refractivity contribution in [3.8, 4) is 5.75 Å². The average Bonchev–Trinajstić information content (AvgIpc) is 2.68. The molecule has 1 spiro atoms. The van der Waals surface area contributed by atoms with Gasteiger partial charge in [0.05, 0.1) is 11.6 Å². The molecular weight excluding hydrogens is 460 g/mol. The van der Waals surface area contributed by atoms with Crippen LogP contribution >= 0.6 is 12.4 Å². The van der Waals surface area contributed by atoms with Gasteiger partial charge in [-0.2, -0.15) is 0 Å². The molecule has 8 nitrogen and oxygen atoms in total. The zero-order chi connectivity index (χ0) is 23.4. The molecule has 11 heteroatoms. The van der Waals surface area contributed by atoms with Crippen LogP contribution in [0.15, 0.2) is 29.2 Å². The lowest BCUT2D eigenvalue weighted by molar-refractivity contribution is -0.0860. The van der Waals surface area contributed by atoms with Gasteiger partial charge in [-0.3, -0.25) is 14.4 Å². The lowest BCUT2D eigenvalue weighted by Gasteiger charge is -2.57. The molecule has 3 N–H and O–H groups in total. The molecule has 33 heavy (non-hydrogen) atoms. The van der Waals surface area contributed by atoms with E-state index in [-0.39, 0.29) is 42.8 Å². The van der Waals surface area contributed by atoms with Crippen LogP contribution in [0.1, 0.15) is 53.1 Å². The quantitative estimate of drug-likeness (QED) is 0.615. The van der Waals surface area contributed by atoms with Crippen molar-refractivity contribution in [1.82, 2.24) is 14.8 Å². The van der Waals surface area contributed by atoms with Crippen LogP contribution in [0.2, 0.25) is 0 Å². The van der Waals surface area contributed by atoms with E-state index in [1.54, 1.807) is 4.90 Å². The fraction of sp³-hybridized carbons (Fsp3) is 0.409. The first-order valence-corrected chi connectivity index (χ1v) is 10.2. The maximum Gasteiger partial charge on any atom is 0.275 e. The molecule has 0 bridgehead atoms. The second kappa shape index (κ2) is 8.75. The van der Waals surface area contributed by atoms with Crippen LogP contribution in [0.3, 0.4) is 0 Å². The van der Waals surface area contributed by atoms with Crippen molar-refractivity contribution < 1.29 is 28.6 Å². The van der Waals surface area contributed by atoms with Gasteiger partial charge in [0.1, 0.15) is 17.2 Å². The van der Waals surface area contributed by atoms with Crippen LogP contribution in [0, 0.1) is 11.6 Å². The number of nitrogens with one attached hydrogen (secondary N) is 1. The Kier molecular flexibility index (Phi) is 6.54. The van der Waals surface area contributed by atoms with E-state index < -0.39 is 51.8 Å². The largest absolute Gasteiger partial charge is 0.503 e. The molecule has 1 aromatic heterocycles. The average molecular weight is 484 g/mol. The van der Waals surface area contributed by atoms with Gasteiger partial charge >= 0.3 is 0 Å². The summed E-state index contributed by atoms with van der Waals surface area (Å²) in [5.41, 5.74) is -2.29. The van der Waals surface area contributed by atoms with Gasteiger partial charge in [-0.1, -0.05) is 6.07 Å². The van der Waals surface area contributed by atoms with E-state index in [0.29, 0.717) is 18.9 Å². The summed E-state index contributed by atoms with van der Waals surface area (Å²) >= 11 is 0. The van der Waals surface area contributed by atoms with Gasteiger partial charge in [0.2, 0.25) is 5.43 Å². The third-order valence-electron chi connectivity index (χ3n) is 6.10. The SMILES string of the molecule is CC(C)N1C(=O)c2c(O)c(=O)c(C(=O)NCc3ccc(F)cc3F)cn2C[C@]12C[C@H](O)C2.Cl. The number of hydrogen-bond donors (Lipinski definition) is 3. The number of aliphatic hydroxyl groups is 1. The molecule has 1 fully saturated rings. The highest BCUT2D eigenvalue weighted by atomic mass is 35.5. The van der Waals surface area contributed by atoms with Crippen LogP contribution in [0.4, 0.5) is 8.78 Å². The van der Waals surface area contributed by atoms with Gasteiger partial charge < -0.3 is 25.0 Å². The number of fused-ring (bicyclic) bond motifs is 1. The third-order valence-corrected chi connectivity index (χ3v) is 6.10. The summed E-state index contributed by atoms with van der Waals surface area (Å²) in [5.74, 6) is -3.86. The Labute approximate surface area is 194 Å². The van der Waals surface area contributed by atoms with E-state index in [4.69, 9.17) is 0 Å². The molecule has 1 aromatic carbocycles. The molecule has 0 atom stereocenters. The molecule has 0 saturated heterocycles. The lowest BCUT2D eigenvalue weighted by Crippen LogP contribution is -2.68. The van der Waals surface area contributed by atoms with Crippen molar-refractivity contribution in [2.24, 2.45) is 0 Å². The van der Waals surface area contributed by atoms with E-state index in [0.717, 1.165) is 6.07 Å². The highest BCUT2D eigenvalue weighted by Gasteiger charge is 2.54. The number of aromatic hydroxyl groups is 1. The number of amides is 2. The summed E-state index contributed by atoms with van der Waals surface area (Å²) in [6, 6.07) is 2.67. The number of pyridine rings is 1. The van der Waals surface area contributed by atoms with Crippen LogP contribution in [0.5, 0.6) is 5.75 Å². The number of aromatic nitrogens is 1. The summed E-state index contributed by atoms with van der Waals surface area (Å²) in [6.45, 7) is 3.52. The van der Waals surface area contributed by atoms with Crippen LogP contribution in [-0.2, 0) is 13.1 Å². The Balaban J connectivity index is 0.00000306. The number of benzene rings is 1. The zero-order valence-electron chi connectivity index (χ0n) is 18.0. The molecule has 2 aliphatic rings. The van der Waals surface area contributed by atoms with Crippen molar-refractivity contribution in [1.29, 1.82) is 0 Å². The van der Waals surface area contributed by atoms with Gasteiger partial charge in [0, 0.05) is 37.0 Å². The number of halogens is 3. The van der Waals surface area contributed by atoms with Crippen LogP contribution in [-0.4, -0.2) is 49.2 Å². The minimum absolute atomic E-state index is 0. The normalized spacial score (nSPS) is 21.5. The van der Waals surface area contributed by atoms with E-state index in [9.17, 15) is 33.4 Å². The Morgan fingerprint density at radius 2 is 1.94 bits per heavy atom. The summed E-state index contributed by atoms with van der Waals surface area (Å²) in [7, 11) is 0. The summed E-state index contributed by atoms with van der Waals surface area (Å²) < 4.78 is 28.2. The molecule has 0 radical (unpaired) electrons. The van der Waals surface area contributed by atoms with Crippen LogP contribution < -0.4 is 10.7 Å². The smallest absolute Gasteiger partial charge is 0.275 e. The van der Waals surface area contributed by atoms with Gasteiger partial charge in [-0.15, -0.1) is 12.4 Å². The molecule has 2 heterocycles. The number of hydrogen-bond acceptors (Lipinski definition) is 5. The molecule has 0 unspecified atom stereocenters. The van der Waals surface area contributed by atoms with Crippen molar-refractivity contribution >= 4 is 24.2 Å². The first kappa shape index (κ1) is 24.7. The van der Waals surface area contributed by atoms with E-state index in [1.807, 2.05) is 13.8 Å². The third kappa shape index (κ3) is 4.08. The van der Waals surface area contributed by atoms with Crippen molar-refractivity contribution in [3.63, 3.8) is 0 Å². The molecule has 4 rings (SSSR count). The first-order valence-electron chi connectivity index (χ1n) is 10.2.